The summed E-state index contributed by atoms with van der Waals surface area (Å²) in [4.78, 5) is 9.54. The Morgan fingerprint density at radius 3 is 2.48 bits per heavy atom. The fourth-order valence-electron chi connectivity index (χ4n) is 3.62. The molecule has 4 rings (SSSR count). The maximum absolute atomic E-state index is 5.16. The van der Waals surface area contributed by atoms with Crippen molar-refractivity contribution in [2.45, 2.75) is 38.5 Å². The van der Waals surface area contributed by atoms with E-state index in [1.54, 1.807) is 0 Å². The Morgan fingerprint density at radius 1 is 1.14 bits per heavy atom. The number of fused-ring (bicyclic) bond motifs is 2. The van der Waals surface area contributed by atoms with Crippen LogP contribution in [0.15, 0.2) is 35.0 Å². The Balaban J connectivity index is 1.37. The first kappa shape index (κ1) is 13.0. The van der Waals surface area contributed by atoms with Crippen molar-refractivity contribution in [2.24, 2.45) is 0 Å². The van der Waals surface area contributed by atoms with Crippen molar-refractivity contribution >= 4 is 0 Å². The molecule has 0 radical (unpaired) electrons. The van der Waals surface area contributed by atoms with Crippen molar-refractivity contribution in [1.29, 1.82) is 0 Å². The Morgan fingerprint density at radius 2 is 1.90 bits per heavy atom. The Bertz CT molecular complexity index is 612. The highest BCUT2D eigenvalue weighted by Gasteiger charge is 2.43. The van der Waals surface area contributed by atoms with E-state index in [-0.39, 0.29) is 0 Å². The summed E-state index contributed by atoms with van der Waals surface area (Å²) in [6.07, 6.45) is 3.15. The first-order chi connectivity index (χ1) is 10.3. The van der Waals surface area contributed by atoms with Crippen LogP contribution in [0.1, 0.15) is 23.6 Å². The van der Waals surface area contributed by atoms with Crippen LogP contribution in [-0.2, 0) is 13.1 Å². The number of aromatic nitrogens is 2. The highest BCUT2D eigenvalue weighted by atomic mass is 16.5. The van der Waals surface area contributed by atoms with Gasteiger partial charge >= 0.3 is 0 Å². The van der Waals surface area contributed by atoms with E-state index in [1.165, 1.54) is 12.1 Å². The fraction of sp³-hybridized carbons (Fsp3) is 0.500. The molecule has 2 aromatic rings. The van der Waals surface area contributed by atoms with E-state index in [9.17, 15) is 0 Å². The molecule has 2 atom stereocenters. The molecule has 0 saturated carbocycles. The number of pyridine rings is 1. The van der Waals surface area contributed by atoms with Crippen molar-refractivity contribution in [3.8, 4) is 0 Å². The highest BCUT2D eigenvalue weighted by Crippen LogP contribution is 2.32. The Hall–Kier alpha value is -1.72. The summed E-state index contributed by atoms with van der Waals surface area (Å²) in [6.45, 7) is 6.09. The van der Waals surface area contributed by atoms with Gasteiger partial charge in [0.2, 0.25) is 0 Å². The fourth-order valence-corrected chi connectivity index (χ4v) is 3.62. The number of nitrogens with zero attached hydrogens (tertiary/aromatic N) is 4. The van der Waals surface area contributed by atoms with Crippen LogP contribution in [0, 0.1) is 6.92 Å². The van der Waals surface area contributed by atoms with Crippen LogP contribution in [0.3, 0.4) is 0 Å². The number of hydrogen-bond donors (Lipinski definition) is 0. The number of likely N-dealkylation sites (tertiary alicyclic amines) is 2. The molecule has 2 aromatic heterocycles. The molecule has 2 fully saturated rings. The predicted octanol–water partition coefficient (Wildman–Crippen LogP) is 1.84. The summed E-state index contributed by atoms with van der Waals surface area (Å²) >= 11 is 0. The van der Waals surface area contributed by atoms with E-state index < -0.39 is 0 Å². The molecule has 0 aromatic carbocycles. The van der Waals surface area contributed by atoms with Gasteiger partial charge in [0.05, 0.1) is 11.4 Å². The van der Waals surface area contributed by atoms with E-state index in [2.05, 4.69) is 32.1 Å². The minimum absolute atomic E-state index is 0.649. The Kier molecular flexibility index (Phi) is 3.24. The molecule has 2 bridgehead atoms. The van der Waals surface area contributed by atoms with Crippen LogP contribution in [0.25, 0.3) is 0 Å². The zero-order valence-corrected chi connectivity index (χ0v) is 12.3. The monoisotopic (exact) mass is 284 g/mol. The van der Waals surface area contributed by atoms with Crippen LogP contribution in [0.2, 0.25) is 0 Å². The van der Waals surface area contributed by atoms with Crippen molar-refractivity contribution in [2.75, 3.05) is 13.1 Å². The smallest absolute Gasteiger partial charge is 0.133 e. The average Bonchev–Trinajstić information content (AvgIpc) is 3.17. The summed E-state index contributed by atoms with van der Waals surface area (Å²) in [5.74, 6) is 0.895. The lowest BCUT2D eigenvalue weighted by Gasteiger charge is -2.33. The van der Waals surface area contributed by atoms with E-state index in [0.29, 0.717) is 12.1 Å². The van der Waals surface area contributed by atoms with Crippen LogP contribution >= 0.6 is 0 Å². The van der Waals surface area contributed by atoms with E-state index in [4.69, 9.17) is 4.52 Å². The van der Waals surface area contributed by atoms with Gasteiger partial charge in [0.25, 0.3) is 0 Å². The van der Waals surface area contributed by atoms with Crippen LogP contribution in [0.5, 0.6) is 0 Å². The van der Waals surface area contributed by atoms with Gasteiger partial charge in [-0.2, -0.15) is 0 Å². The summed E-state index contributed by atoms with van der Waals surface area (Å²) in [5.41, 5.74) is 2.22. The maximum atomic E-state index is 5.16. The summed E-state index contributed by atoms with van der Waals surface area (Å²) in [5, 5.41) is 4.11. The minimum atomic E-state index is 0.649. The standard InChI is InChI=1S/C16H20N4O/c1-12-6-14(18-21-12)9-20-11-15-7-16(20)10-19(15)8-13-4-2-3-5-17-13/h2-6,15-16H,7-11H2,1H3. The molecule has 2 saturated heterocycles. The van der Waals surface area contributed by atoms with Crippen molar-refractivity contribution in [1.82, 2.24) is 19.9 Å². The molecule has 0 amide bonds. The second-order valence-corrected chi connectivity index (χ2v) is 6.15. The zero-order chi connectivity index (χ0) is 14.2. The second kappa shape index (κ2) is 5.24. The molecule has 21 heavy (non-hydrogen) atoms. The quantitative estimate of drug-likeness (QED) is 0.857. The number of hydrogen-bond acceptors (Lipinski definition) is 5. The van der Waals surface area contributed by atoms with Gasteiger partial charge in [-0.15, -0.1) is 0 Å². The van der Waals surface area contributed by atoms with Crippen LogP contribution < -0.4 is 0 Å². The molecule has 2 aliphatic heterocycles. The summed E-state index contributed by atoms with van der Waals surface area (Å²) < 4.78 is 5.16. The lowest BCUT2D eigenvalue weighted by Crippen LogP contribution is -2.45. The van der Waals surface area contributed by atoms with Gasteiger partial charge in [0, 0.05) is 50.5 Å². The summed E-state index contributed by atoms with van der Waals surface area (Å²) in [6, 6.07) is 9.50. The van der Waals surface area contributed by atoms with E-state index in [0.717, 1.165) is 37.6 Å². The SMILES string of the molecule is Cc1cc(CN2CC3CC2CN3Cc2ccccn2)no1. The second-order valence-electron chi connectivity index (χ2n) is 6.15. The largest absolute Gasteiger partial charge is 0.361 e. The molecule has 5 nitrogen and oxygen atoms in total. The molecule has 4 heterocycles. The number of piperazine rings is 1. The van der Waals surface area contributed by atoms with Crippen molar-refractivity contribution in [3.63, 3.8) is 0 Å². The van der Waals surface area contributed by atoms with Gasteiger partial charge in [-0.05, 0) is 25.5 Å². The van der Waals surface area contributed by atoms with E-state index in [1.807, 2.05) is 25.3 Å². The third kappa shape index (κ3) is 2.59. The third-order valence-electron chi connectivity index (χ3n) is 4.60. The van der Waals surface area contributed by atoms with E-state index >= 15 is 0 Å². The predicted molar refractivity (Wildman–Crippen MR) is 78.5 cm³/mol. The molecular formula is C16H20N4O. The topological polar surface area (TPSA) is 45.4 Å². The van der Waals surface area contributed by atoms with Crippen LogP contribution in [0.4, 0.5) is 0 Å². The van der Waals surface area contributed by atoms with Gasteiger partial charge in [-0.1, -0.05) is 11.2 Å². The molecule has 0 spiro atoms. The molecule has 110 valence electrons. The highest BCUT2D eigenvalue weighted by molar-refractivity contribution is 5.09. The third-order valence-corrected chi connectivity index (χ3v) is 4.60. The molecule has 0 aliphatic carbocycles. The number of rotatable bonds is 4. The molecule has 2 aliphatic rings. The van der Waals surface area contributed by atoms with Gasteiger partial charge in [0.1, 0.15) is 5.76 Å². The lowest BCUT2D eigenvalue weighted by molar-refractivity contribution is 0.115. The molecule has 5 heteroatoms. The van der Waals surface area contributed by atoms with Gasteiger partial charge in [0.15, 0.2) is 0 Å². The minimum Gasteiger partial charge on any atom is -0.361 e. The average molecular weight is 284 g/mol. The Labute approximate surface area is 124 Å². The molecule has 0 N–H and O–H groups in total. The van der Waals surface area contributed by atoms with Crippen LogP contribution in [-0.4, -0.2) is 45.1 Å². The lowest BCUT2D eigenvalue weighted by atomic mass is 10.2. The maximum Gasteiger partial charge on any atom is 0.133 e. The first-order valence-corrected chi connectivity index (χ1v) is 7.58. The van der Waals surface area contributed by atoms with Crippen molar-refractivity contribution in [3.05, 3.63) is 47.6 Å². The van der Waals surface area contributed by atoms with Crippen molar-refractivity contribution < 1.29 is 4.52 Å². The summed E-state index contributed by atoms with van der Waals surface area (Å²) in [7, 11) is 0. The van der Waals surface area contributed by atoms with Gasteiger partial charge < -0.3 is 4.52 Å². The zero-order valence-electron chi connectivity index (χ0n) is 12.3. The van der Waals surface area contributed by atoms with Gasteiger partial charge in [-0.3, -0.25) is 14.8 Å². The molecule has 2 unspecified atom stereocenters. The van der Waals surface area contributed by atoms with Gasteiger partial charge in [-0.25, -0.2) is 0 Å². The number of aryl methyl sites for hydroxylation is 1. The molecular weight excluding hydrogens is 264 g/mol. The first-order valence-electron chi connectivity index (χ1n) is 7.58. The normalized spacial score (nSPS) is 25.8.